The highest BCUT2D eigenvalue weighted by atomic mass is 19.1. The first-order chi connectivity index (χ1) is 15.0. The number of nitrogens with zero attached hydrogens (tertiary/aromatic N) is 1. The smallest absolute Gasteiger partial charge is 0.254 e. The summed E-state index contributed by atoms with van der Waals surface area (Å²) in [6.45, 7) is 1.90. The molecule has 4 nitrogen and oxygen atoms in total. The lowest BCUT2D eigenvalue weighted by atomic mass is 9.87. The van der Waals surface area contributed by atoms with E-state index < -0.39 is 11.6 Å². The molecule has 1 fully saturated rings. The summed E-state index contributed by atoms with van der Waals surface area (Å²) in [4.78, 5) is 17.4. The first kappa shape index (κ1) is 19.6. The van der Waals surface area contributed by atoms with Crippen LogP contribution in [0.15, 0.2) is 66.4 Å². The molecule has 0 saturated carbocycles. The van der Waals surface area contributed by atoms with Gasteiger partial charge in [-0.1, -0.05) is 18.2 Å². The molecule has 3 aromatic rings. The number of halogens is 2. The Morgan fingerprint density at radius 3 is 2.55 bits per heavy atom. The van der Waals surface area contributed by atoms with Gasteiger partial charge in [0.1, 0.15) is 11.6 Å². The molecule has 2 aliphatic rings. The number of ether oxygens (including phenoxy) is 1. The van der Waals surface area contributed by atoms with Gasteiger partial charge in [0.25, 0.3) is 5.91 Å². The van der Waals surface area contributed by atoms with Crippen molar-refractivity contribution in [3.05, 3.63) is 89.3 Å². The molecule has 31 heavy (non-hydrogen) atoms. The number of rotatable bonds is 4. The van der Waals surface area contributed by atoms with Crippen LogP contribution >= 0.6 is 0 Å². The molecule has 1 N–H and O–H groups in total. The number of carbonyl (C=O) groups is 1. The van der Waals surface area contributed by atoms with Gasteiger partial charge in [0.2, 0.25) is 0 Å². The van der Waals surface area contributed by atoms with Crippen molar-refractivity contribution < 1.29 is 18.3 Å². The van der Waals surface area contributed by atoms with E-state index in [9.17, 15) is 13.6 Å². The summed E-state index contributed by atoms with van der Waals surface area (Å²) in [6, 6.07) is 14.1. The van der Waals surface area contributed by atoms with Crippen LogP contribution < -0.4 is 5.32 Å². The highest BCUT2D eigenvalue weighted by Gasteiger charge is 2.43. The molecule has 6 heteroatoms. The van der Waals surface area contributed by atoms with Crippen molar-refractivity contribution in [2.45, 2.75) is 32.0 Å². The fourth-order valence-corrected chi connectivity index (χ4v) is 4.42. The van der Waals surface area contributed by atoms with E-state index in [1.807, 2.05) is 19.1 Å². The van der Waals surface area contributed by atoms with Crippen molar-refractivity contribution >= 4 is 17.2 Å². The molecule has 1 saturated heterocycles. The van der Waals surface area contributed by atoms with Crippen molar-refractivity contribution in [2.75, 3.05) is 5.32 Å². The number of nitrogens with one attached hydrogen (secondary N) is 1. The maximum Gasteiger partial charge on any atom is 0.254 e. The molecule has 2 aromatic carbocycles. The maximum absolute atomic E-state index is 14.7. The van der Waals surface area contributed by atoms with E-state index >= 15 is 0 Å². The Morgan fingerprint density at radius 1 is 1.00 bits per heavy atom. The number of aromatic nitrogens is 1. The Labute approximate surface area is 178 Å². The summed E-state index contributed by atoms with van der Waals surface area (Å²) in [6.07, 6.45) is 2.98. The van der Waals surface area contributed by atoms with Crippen molar-refractivity contribution in [2.24, 2.45) is 0 Å². The van der Waals surface area contributed by atoms with Gasteiger partial charge in [-0.2, -0.15) is 0 Å². The quantitative estimate of drug-likeness (QED) is 0.627. The molecule has 0 unspecified atom stereocenters. The Balaban J connectivity index is 1.46. The van der Waals surface area contributed by atoms with Crippen molar-refractivity contribution in [1.82, 2.24) is 4.98 Å². The third-order valence-electron chi connectivity index (χ3n) is 5.80. The normalized spacial score (nSPS) is 19.7. The number of aryl methyl sites for hydroxylation is 1. The molecular weight excluding hydrogens is 398 g/mol. The third kappa shape index (κ3) is 3.53. The van der Waals surface area contributed by atoms with E-state index in [2.05, 4.69) is 10.3 Å². The van der Waals surface area contributed by atoms with Crippen LogP contribution in [0.2, 0.25) is 0 Å². The minimum Gasteiger partial charge on any atom is -0.365 e. The van der Waals surface area contributed by atoms with Crippen LogP contribution in [0.1, 0.15) is 24.1 Å². The highest BCUT2D eigenvalue weighted by molar-refractivity contribution is 6.11. The van der Waals surface area contributed by atoms with Gasteiger partial charge in [-0.3, -0.25) is 9.78 Å². The minimum absolute atomic E-state index is 0.118. The summed E-state index contributed by atoms with van der Waals surface area (Å²) in [7, 11) is 0. The fraction of sp³-hybridized carbons (Fsp3) is 0.200. The van der Waals surface area contributed by atoms with Crippen molar-refractivity contribution in [1.29, 1.82) is 0 Å². The molecule has 156 valence electrons. The van der Waals surface area contributed by atoms with E-state index in [-0.39, 0.29) is 29.2 Å². The van der Waals surface area contributed by atoms with Gasteiger partial charge in [-0.15, -0.1) is 0 Å². The second-order valence-corrected chi connectivity index (χ2v) is 7.83. The van der Waals surface area contributed by atoms with Crippen LogP contribution in [-0.4, -0.2) is 23.1 Å². The average Bonchev–Trinajstić information content (AvgIpc) is 3.36. The zero-order valence-corrected chi connectivity index (χ0v) is 16.9. The van der Waals surface area contributed by atoms with Gasteiger partial charge >= 0.3 is 0 Å². The fourth-order valence-electron chi connectivity index (χ4n) is 4.42. The van der Waals surface area contributed by atoms with Crippen LogP contribution in [0.4, 0.5) is 14.5 Å². The lowest BCUT2D eigenvalue weighted by Crippen LogP contribution is -2.23. The Bertz CT molecular complexity index is 1220. The second-order valence-electron chi connectivity index (χ2n) is 7.83. The van der Waals surface area contributed by atoms with Crippen molar-refractivity contribution in [3.8, 4) is 11.1 Å². The summed E-state index contributed by atoms with van der Waals surface area (Å²) in [5.74, 6) is -1.42. The van der Waals surface area contributed by atoms with Gasteiger partial charge in [0, 0.05) is 28.7 Å². The lowest BCUT2D eigenvalue weighted by Gasteiger charge is -2.17. The molecule has 0 spiro atoms. The number of hydrogen-bond acceptors (Lipinski definition) is 3. The molecule has 5 rings (SSSR count). The van der Waals surface area contributed by atoms with Gasteiger partial charge in [0.15, 0.2) is 0 Å². The van der Waals surface area contributed by atoms with Gasteiger partial charge in [0.05, 0.1) is 17.8 Å². The third-order valence-corrected chi connectivity index (χ3v) is 5.80. The zero-order chi connectivity index (χ0) is 21.5. The van der Waals surface area contributed by atoms with Gasteiger partial charge in [-0.25, -0.2) is 8.78 Å². The van der Waals surface area contributed by atoms with E-state index in [0.717, 1.165) is 29.7 Å². The highest BCUT2D eigenvalue weighted by Crippen LogP contribution is 2.44. The van der Waals surface area contributed by atoms with Gasteiger partial charge < -0.3 is 10.1 Å². The average molecular weight is 418 g/mol. The molecule has 1 amide bonds. The number of hydrogen-bond donors (Lipinski definition) is 1. The predicted octanol–water partition coefficient (Wildman–Crippen LogP) is 5.29. The molecule has 2 atom stereocenters. The Kier molecular flexibility index (Phi) is 4.87. The molecule has 0 aliphatic carbocycles. The van der Waals surface area contributed by atoms with E-state index in [1.54, 1.807) is 24.4 Å². The zero-order valence-electron chi connectivity index (χ0n) is 16.9. The maximum atomic E-state index is 14.7. The summed E-state index contributed by atoms with van der Waals surface area (Å²) < 4.78 is 34.7. The molecule has 0 radical (unpaired) electrons. The first-order valence-corrected chi connectivity index (χ1v) is 10.2. The van der Waals surface area contributed by atoms with Crippen LogP contribution in [0.5, 0.6) is 0 Å². The Morgan fingerprint density at radius 2 is 1.77 bits per heavy atom. The van der Waals surface area contributed by atoms with E-state index in [0.29, 0.717) is 11.3 Å². The van der Waals surface area contributed by atoms with Crippen LogP contribution in [0, 0.1) is 18.6 Å². The van der Waals surface area contributed by atoms with Crippen molar-refractivity contribution in [3.63, 3.8) is 0 Å². The number of pyridine rings is 1. The second kappa shape index (κ2) is 7.71. The first-order valence-electron chi connectivity index (χ1n) is 10.2. The minimum atomic E-state index is -0.606. The molecule has 1 aromatic heterocycles. The molecule has 2 bridgehead atoms. The molecule has 3 heterocycles. The SMILES string of the molecule is Cc1cc(C2=C(C(=O)Nc3ccc(-c4ccccc4F)c(F)c3)[C@H]3CC[C@@H]2O3)ccn1. The predicted molar refractivity (Wildman–Crippen MR) is 114 cm³/mol. The monoisotopic (exact) mass is 418 g/mol. The number of carbonyl (C=O) groups excluding carboxylic acids is 1. The molecule has 2 aliphatic heterocycles. The summed E-state index contributed by atoms with van der Waals surface area (Å²) >= 11 is 0. The van der Waals surface area contributed by atoms with E-state index in [1.165, 1.54) is 24.3 Å². The van der Waals surface area contributed by atoms with Crippen LogP contribution in [-0.2, 0) is 9.53 Å². The summed E-state index contributed by atoms with van der Waals surface area (Å²) in [5, 5.41) is 2.79. The van der Waals surface area contributed by atoms with Crippen LogP contribution in [0.25, 0.3) is 16.7 Å². The Hall–Kier alpha value is -3.38. The van der Waals surface area contributed by atoms with Crippen LogP contribution in [0.3, 0.4) is 0 Å². The topological polar surface area (TPSA) is 51.2 Å². The van der Waals surface area contributed by atoms with Gasteiger partial charge in [-0.05, 0) is 67.3 Å². The number of benzene rings is 2. The van der Waals surface area contributed by atoms with E-state index in [4.69, 9.17) is 4.74 Å². The number of anilines is 1. The standard InChI is InChI=1S/C25H20F2N2O2/c1-14-12-15(10-11-28-14)23-21-8-9-22(31-21)24(23)25(30)29-16-6-7-18(20(27)13-16)17-4-2-3-5-19(17)26/h2-7,10-13,21-22H,8-9H2,1H3,(H,29,30)/t21-,22+/m0/s1. The lowest BCUT2D eigenvalue weighted by molar-refractivity contribution is -0.113. The number of amides is 1. The molecular formula is C25H20F2N2O2. The number of fused-ring (bicyclic) bond motifs is 2. The largest absolute Gasteiger partial charge is 0.365 e. The summed E-state index contributed by atoms with van der Waals surface area (Å²) in [5.41, 5.74) is 3.87.